The van der Waals surface area contributed by atoms with E-state index in [1.807, 2.05) is 30.3 Å². The van der Waals surface area contributed by atoms with Gasteiger partial charge in [0, 0.05) is 0 Å². The SMILES string of the molecule is CCOC(=O)C1SC(N)=NN=C1c1ccccc1. The van der Waals surface area contributed by atoms with Gasteiger partial charge in [-0.25, -0.2) is 0 Å². The van der Waals surface area contributed by atoms with E-state index in [1.54, 1.807) is 6.92 Å². The van der Waals surface area contributed by atoms with Crippen molar-refractivity contribution < 1.29 is 9.53 Å². The number of hydrogen-bond acceptors (Lipinski definition) is 6. The minimum absolute atomic E-state index is 0.271. The van der Waals surface area contributed by atoms with E-state index in [2.05, 4.69) is 10.2 Å². The van der Waals surface area contributed by atoms with Crippen molar-refractivity contribution in [1.82, 2.24) is 0 Å². The van der Waals surface area contributed by atoms with Gasteiger partial charge in [0.05, 0.1) is 12.3 Å². The molecule has 18 heavy (non-hydrogen) atoms. The van der Waals surface area contributed by atoms with Crippen molar-refractivity contribution in [2.45, 2.75) is 12.2 Å². The standard InChI is InChI=1S/C12H13N3O2S/c1-2-17-11(16)10-9(14-15-12(13)18-10)8-6-4-3-5-7-8/h3-7,10H,2H2,1H3,(H2,13,15). The number of ether oxygens (including phenoxy) is 1. The Balaban J connectivity index is 2.32. The first-order valence-corrected chi connectivity index (χ1v) is 6.40. The first-order valence-electron chi connectivity index (χ1n) is 5.52. The molecule has 5 nitrogen and oxygen atoms in total. The smallest absolute Gasteiger partial charge is 0.325 e. The topological polar surface area (TPSA) is 77.0 Å². The highest BCUT2D eigenvalue weighted by molar-refractivity contribution is 8.15. The van der Waals surface area contributed by atoms with Gasteiger partial charge in [0.1, 0.15) is 0 Å². The van der Waals surface area contributed by atoms with Crippen LogP contribution in [0.4, 0.5) is 0 Å². The molecule has 6 heteroatoms. The third-order valence-corrected chi connectivity index (χ3v) is 3.29. The molecule has 2 rings (SSSR count). The summed E-state index contributed by atoms with van der Waals surface area (Å²) in [7, 11) is 0. The van der Waals surface area contributed by atoms with Gasteiger partial charge in [-0.15, -0.1) is 5.10 Å². The third kappa shape index (κ3) is 2.70. The average molecular weight is 263 g/mol. The Hall–Kier alpha value is -1.82. The fourth-order valence-corrected chi connectivity index (χ4v) is 2.34. The minimum atomic E-state index is -0.551. The predicted molar refractivity (Wildman–Crippen MR) is 72.6 cm³/mol. The highest BCUT2D eigenvalue weighted by atomic mass is 32.2. The molecule has 0 aromatic heterocycles. The molecule has 1 aliphatic heterocycles. The van der Waals surface area contributed by atoms with Crippen LogP contribution >= 0.6 is 11.8 Å². The fourth-order valence-electron chi connectivity index (χ4n) is 1.55. The van der Waals surface area contributed by atoms with E-state index >= 15 is 0 Å². The molecule has 0 spiro atoms. The van der Waals surface area contributed by atoms with Crippen LogP contribution in [0.25, 0.3) is 0 Å². The normalized spacial score (nSPS) is 18.8. The summed E-state index contributed by atoms with van der Waals surface area (Å²) in [5.41, 5.74) is 7.02. The number of esters is 1. The van der Waals surface area contributed by atoms with E-state index in [4.69, 9.17) is 10.5 Å². The van der Waals surface area contributed by atoms with Gasteiger partial charge in [-0.2, -0.15) is 5.10 Å². The van der Waals surface area contributed by atoms with Crippen LogP contribution in [0.15, 0.2) is 40.5 Å². The van der Waals surface area contributed by atoms with E-state index in [0.29, 0.717) is 12.3 Å². The van der Waals surface area contributed by atoms with Crippen LogP contribution in [-0.4, -0.2) is 28.7 Å². The maximum atomic E-state index is 11.9. The second kappa shape index (κ2) is 5.68. The van der Waals surface area contributed by atoms with Crippen LogP contribution in [0.3, 0.4) is 0 Å². The number of nitrogens with two attached hydrogens (primary N) is 1. The molecular weight excluding hydrogens is 250 g/mol. The summed E-state index contributed by atoms with van der Waals surface area (Å²) in [6.45, 7) is 2.09. The van der Waals surface area contributed by atoms with Gasteiger partial charge >= 0.3 is 5.97 Å². The summed E-state index contributed by atoms with van der Waals surface area (Å²) in [5.74, 6) is -0.344. The summed E-state index contributed by atoms with van der Waals surface area (Å²) >= 11 is 1.16. The van der Waals surface area contributed by atoms with Crippen molar-refractivity contribution in [3.8, 4) is 0 Å². The lowest BCUT2D eigenvalue weighted by Crippen LogP contribution is -2.34. The predicted octanol–water partition coefficient (Wildman–Crippen LogP) is 1.38. The highest BCUT2D eigenvalue weighted by Gasteiger charge is 2.31. The number of carbonyl (C=O) groups excluding carboxylic acids is 1. The number of rotatable bonds is 3. The number of hydrogen-bond donors (Lipinski definition) is 1. The third-order valence-electron chi connectivity index (χ3n) is 2.31. The minimum Gasteiger partial charge on any atom is -0.465 e. The number of nitrogens with zero attached hydrogens (tertiary/aromatic N) is 2. The van der Waals surface area contributed by atoms with E-state index in [-0.39, 0.29) is 11.1 Å². The molecule has 2 N–H and O–H groups in total. The zero-order valence-corrected chi connectivity index (χ0v) is 10.7. The van der Waals surface area contributed by atoms with Crippen molar-refractivity contribution in [2.24, 2.45) is 15.9 Å². The maximum Gasteiger partial charge on any atom is 0.325 e. The Morgan fingerprint density at radius 2 is 2.11 bits per heavy atom. The number of thioether (sulfide) groups is 1. The molecule has 0 radical (unpaired) electrons. The van der Waals surface area contributed by atoms with Crippen LogP contribution in [0.1, 0.15) is 12.5 Å². The lowest BCUT2D eigenvalue weighted by atomic mass is 10.1. The monoisotopic (exact) mass is 263 g/mol. The Bertz CT molecular complexity index is 499. The molecule has 0 amide bonds. The summed E-state index contributed by atoms with van der Waals surface area (Å²) < 4.78 is 5.03. The first-order chi connectivity index (χ1) is 8.72. The Labute approximate surface area is 109 Å². The molecule has 94 valence electrons. The second-order valence-corrected chi connectivity index (χ2v) is 4.66. The first kappa shape index (κ1) is 12.6. The number of carbonyl (C=O) groups is 1. The van der Waals surface area contributed by atoms with Crippen LogP contribution in [0.2, 0.25) is 0 Å². The quantitative estimate of drug-likeness (QED) is 0.836. The zero-order chi connectivity index (χ0) is 13.0. The molecule has 1 aliphatic rings. The van der Waals surface area contributed by atoms with Crippen LogP contribution < -0.4 is 5.73 Å². The Morgan fingerprint density at radius 1 is 1.39 bits per heavy atom. The lowest BCUT2D eigenvalue weighted by Gasteiger charge is -2.19. The average Bonchev–Trinajstić information content (AvgIpc) is 2.40. The highest BCUT2D eigenvalue weighted by Crippen LogP contribution is 2.23. The number of amidine groups is 1. The zero-order valence-electron chi connectivity index (χ0n) is 9.87. The molecule has 0 aliphatic carbocycles. The van der Waals surface area contributed by atoms with Crippen molar-refractivity contribution in [1.29, 1.82) is 0 Å². The second-order valence-electron chi connectivity index (χ2n) is 3.54. The largest absolute Gasteiger partial charge is 0.465 e. The van der Waals surface area contributed by atoms with Crippen LogP contribution in [0, 0.1) is 0 Å². The molecule has 1 aromatic rings. The molecule has 0 saturated carbocycles. The van der Waals surface area contributed by atoms with Gasteiger partial charge in [-0.3, -0.25) is 4.79 Å². The lowest BCUT2D eigenvalue weighted by molar-refractivity contribution is -0.141. The van der Waals surface area contributed by atoms with Crippen molar-refractivity contribution >= 4 is 28.6 Å². The van der Waals surface area contributed by atoms with Gasteiger partial charge in [0.25, 0.3) is 0 Å². The molecular formula is C12H13N3O2S. The molecule has 1 unspecified atom stereocenters. The van der Waals surface area contributed by atoms with E-state index in [1.165, 1.54) is 0 Å². The molecule has 1 aromatic carbocycles. The summed E-state index contributed by atoms with van der Waals surface area (Å²) in [4.78, 5) is 11.9. The van der Waals surface area contributed by atoms with Gasteiger partial charge in [0.2, 0.25) is 0 Å². The van der Waals surface area contributed by atoms with E-state index < -0.39 is 5.25 Å². The molecule has 0 bridgehead atoms. The van der Waals surface area contributed by atoms with E-state index in [9.17, 15) is 4.79 Å². The number of benzene rings is 1. The van der Waals surface area contributed by atoms with Gasteiger partial charge in [-0.05, 0) is 12.5 Å². The fraction of sp³-hybridized carbons (Fsp3) is 0.250. The summed E-state index contributed by atoms with van der Waals surface area (Å²) in [6, 6.07) is 9.42. The van der Waals surface area contributed by atoms with E-state index in [0.717, 1.165) is 17.3 Å². The van der Waals surface area contributed by atoms with Gasteiger partial charge in [-0.1, -0.05) is 42.1 Å². The molecule has 1 atom stereocenters. The van der Waals surface area contributed by atoms with Gasteiger partial charge in [0.15, 0.2) is 10.4 Å². The molecule has 0 saturated heterocycles. The summed E-state index contributed by atoms with van der Waals surface area (Å²) in [6.07, 6.45) is 0. The molecule has 1 heterocycles. The van der Waals surface area contributed by atoms with Crippen LogP contribution in [-0.2, 0) is 9.53 Å². The Morgan fingerprint density at radius 3 is 2.78 bits per heavy atom. The van der Waals surface area contributed by atoms with Gasteiger partial charge < -0.3 is 10.5 Å². The maximum absolute atomic E-state index is 11.9. The Kier molecular flexibility index (Phi) is 3.99. The van der Waals surface area contributed by atoms with Crippen molar-refractivity contribution in [3.05, 3.63) is 35.9 Å². The molecule has 0 fully saturated rings. The summed E-state index contributed by atoms with van der Waals surface area (Å²) in [5, 5.41) is 7.56. The van der Waals surface area contributed by atoms with Crippen molar-refractivity contribution in [3.63, 3.8) is 0 Å². The van der Waals surface area contributed by atoms with Crippen LogP contribution in [0.5, 0.6) is 0 Å². The van der Waals surface area contributed by atoms with Crippen molar-refractivity contribution in [2.75, 3.05) is 6.61 Å².